The van der Waals surface area contributed by atoms with E-state index in [0.717, 1.165) is 17.1 Å². The van der Waals surface area contributed by atoms with Crippen LogP contribution in [0.5, 0.6) is 0 Å². The van der Waals surface area contributed by atoms with Gasteiger partial charge < -0.3 is 4.90 Å². The summed E-state index contributed by atoms with van der Waals surface area (Å²) in [4.78, 5) is 2.32. The molecule has 10 aromatic rings. The van der Waals surface area contributed by atoms with Crippen molar-refractivity contribution in [2.45, 2.75) is 20.8 Å². The van der Waals surface area contributed by atoms with Crippen LogP contribution in [0, 0.1) is 20.8 Å². The van der Waals surface area contributed by atoms with E-state index in [1.165, 1.54) is 72.3 Å². The second-order valence-electron chi connectivity index (χ2n) is 16.0. The number of hydrogen-bond donors (Lipinski definition) is 0. The van der Waals surface area contributed by atoms with Crippen LogP contribution in [0.3, 0.4) is 0 Å². The van der Waals surface area contributed by atoms with E-state index in [1.54, 1.807) is 0 Å². The van der Waals surface area contributed by atoms with Crippen molar-refractivity contribution in [2.75, 3.05) is 4.90 Å². The zero-order valence-electron chi connectivity index (χ0n) is 36.9. The average Bonchev–Trinajstić information content (AvgIpc) is 3.37. The number of benzene rings is 10. The van der Waals surface area contributed by atoms with Crippen LogP contribution in [0.15, 0.2) is 267 Å². The Hall–Kier alpha value is -8.00. The molecule has 0 bridgehead atoms. The summed E-state index contributed by atoms with van der Waals surface area (Å²) in [5.41, 5.74) is 19.6. The minimum atomic E-state index is 1.13. The second kappa shape index (κ2) is 21.2. The number of rotatable bonds is 8. The summed E-state index contributed by atoms with van der Waals surface area (Å²) >= 11 is 0. The Balaban J connectivity index is 0.000000177. The van der Waals surface area contributed by atoms with Gasteiger partial charge in [0.15, 0.2) is 0 Å². The number of anilines is 3. The molecule has 0 unspecified atom stereocenters. The van der Waals surface area contributed by atoms with Gasteiger partial charge in [0.2, 0.25) is 0 Å². The highest BCUT2D eigenvalue weighted by molar-refractivity contribution is 5.81. The molecule has 1 nitrogen and oxygen atoms in total. The molecule has 0 radical (unpaired) electrons. The highest BCUT2D eigenvalue weighted by Crippen LogP contribution is 2.38. The van der Waals surface area contributed by atoms with Crippen molar-refractivity contribution in [3.05, 3.63) is 284 Å². The lowest BCUT2D eigenvalue weighted by Crippen LogP contribution is -2.09. The molecule has 10 rings (SSSR count). The van der Waals surface area contributed by atoms with Crippen molar-refractivity contribution in [1.82, 2.24) is 0 Å². The van der Waals surface area contributed by atoms with E-state index in [1.807, 2.05) is 24.3 Å². The van der Waals surface area contributed by atoms with Gasteiger partial charge >= 0.3 is 0 Å². The molecule has 0 heterocycles. The first-order valence-electron chi connectivity index (χ1n) is 22.0. The number of nitrogens with zero attached hydrogens (tertiary/aromatic N) is 1. The summed E-state index contributed by atoms with van der Waals surface area (Å²) in [6.07, 6.45) is 0. The molecular weight excluding hydrogens is 771 g/mol. The van der Waals surface area contributed by atoms with E-state index in [9.17, 15) is 0 Å². The van der Waals surface area contributed by atoms with Gasteiger partial charge in [-0.3, -0.25) is 0 Å². The zero-order chi connectivity index (χ0) is 43.9. The molecule has 10 aromatic carbocycles. The van der Waals surface area contributed by atoms with Gasteiger partial charge in [0.25, 0.3) is 0 Å². The second-order valence-corrected chi connectivity index (χ2v) is 16.0. The van der Waals surface area contributed by atoms with Crippen LogP contribution >= 0.6 is 0 Å². The van der Waals surface area contributed by atoms with E-state index < -0.39 is 0 Å². The predicted octanol–water partition coefficient (Wildman–Crippen LogP) is 17.8. The summed E-state index contributed by atoms with van der Waals surface area (Å²) < 4.78 is 0. The molecule has 64 heavy (non-hydrogen) atoms. The van der Waals surface area contributed by atoms with Crippen LogP contribution in [0.4, 0.5) is 17.1 Å². The fourth-order valence-corrected chi connectivity index (χ4v) is 7.63. The van der Waals surface area contributed by atoms with E-state index in [2.05, 4.69) is 268 Å². The first kappa shape index (κ1) is 42.7. The van der Waals surface area contributed by atoms with E-state index in [-0.39, 0.29) is 0 Å². The van der Waals surface area contributed by atoms with Gasteiger partial charge in [0.1, 0.15) is 0 Å². The molecule has 0 aliphatic carbocycles. The highest BCUT2D eigenvalue weighted by atomic mass is 15.1. The van der Waals surface area contributed by atoms with Crippen molar-refractivity contribution in [3.8, 4) is 55.6 Å². The summed E-state index contributed by atoms with van der Waals surface area (Å²) in [5.74, 6) is 0. The molecule has 0 saturated heterocycles. The zero-order valence-corrected chi connectivity index (χ0v) is 36.9. The SMILES string of the molecule is Cc1ccc(-c2ccc(-c3ccccc3)cc2)cc1.Cc1ccc(-c2ccc(N(c3ccc(-c4ccccc4)cc3)c3ccc(-c4ccccc4)cc3)cc2)cc1.Cc1ccccc1. The lowest BCUT2D eigenvalue weighted by atomic mass is 10.00. The maximum Gasteiger partial charge on any atom is 0.0462 e. The first-order valence-corrected chi connectivity index (χ1v) is 22.0. The molecular formula is C63H53N. The van der Waals surface area contributed by atoms with Crippen molar-refractivity contribution in [3.63, 3.8) is 0 Å². The molecule has 0 aliphatic rings. The molecule has 0 fully saturated rings. The minimum absolute atomic E-state index is 1.13. The fraction of sp³-hybridized carbons (Fsp3) is 0.0476. The van der Waals surface area contributed by atoms with E-state index in [4.69, 9.17) is 0 Å². The number of aryl methyl sites for hydroxylation is 3. The molecule has 0 aliphatic heterocycles. The van der Waals surface area contributed by atoms with Gasteiger partial charge in [-0.05, 0) is 113 Å². The third-order valence-corrected chi connectivity index (χ3v) is 11.3. The van der Waals surface area contributed by atoms with Crippen LogP contribution < -0.4 is 4.90 Å². The van der Waals surface area contributed by atoms with E-state index in [0.29, 0.717) is 0 Å². The summed E-state index contributed by atoms with van der Waals surface area (Å²) in [5, 5.41) is 0. The van der Waals surface area contributed by atoms with Crippen molar-refractivity contribution >= 4 is 17.1 Å². The van der Waals surface area contributed by atoms with Crippen LogP contribution in [0.1, 0.15) is 16.7 Å². The van der Waals surface area contributed by atoms with Crippen LogP contribution in [0.2, 0.25) is 0 Å². The third kappa shape index (κ3) is 11.3. The Morgan fingerprint density at radius 2 is 0.344 bits per heavy atom. The van der Waals surface area contributed by atoms with Gasteiger partial charge in [0.05, 0.1) is 0 Å². The van der Waals surface area contributed by atoms with Crippen LogP contribution in [-0.4, -0.2) is 0 Å². The Labute approximate surface area is 380 Å². The van der Waals surface area contributed by atoms with E-state index >= 15 is 0 Å². The van der Waals surface area contributed by atoms with Gasteiger partial charge in [-0.2, -0.15) is 0 Å². The predicted molar refractivity (Wildman–Crippen MR) is 275 cm³/mol. The lowest BCUT2D eigenvalue weighted by molar-refractivity contribution is 1.28. The Morgan fingerprint density at radius 1 is 0.172 bits per heavy atom. The quantitative estimate of drug-likeness (QED) is 0.148. The van der Waals surface area contributed by atoms with Crippen LogP contribution in [0.25, 0.3) is 55.6 Å². The van der Waals surface area contributed by atoms with Gasteiger partial charge in [-0.1, -0.05) is 247 Å². The summed E-state index contributed by atoms with van der Waals surface area (Å²) in [6, 6.07) is 94.4. The number of hydrogen-bond acceptors (Lipinski definition) is 1. The molecule has 0 N–H and O–H groups in total. The standard InChI is InChI=1S/C37H29N.C19H16.C7H8/c1-28-12-14-31(15-13-28)34-20-26-37(27-21-34)38(35-22-16-32(17-23-35)29-8-4-2-5-9-29)36-24-18-33(19-25-36)30-10-6-3-7-11-30;1-15-7-9-17(10-8-15)19-13-11-18(12-14-19)16-5-3-2-4-6-16;1-7-5-3-2-4-6-7/h2-27H,1H3;2-14H,1H3;2-6H,1H3. The topological polar surface area (TPSA) is 3.24 Å². The molecule has 0 aromatic heterocycles. The monoisotopic (exact) mass is 823 g/mol. The van der Waals surface area contributed by atoms with Gasteiger partial charge in [0, 0.05) is 17.1 Å². The molecule has 0 atom stereocenters. The Morgan fingerprint density at radius 3 is 0.562 bits per heavy atom. The smallest absolute Gasteiger partial charge is 0.0462 e. The van der Waals surface area contributed by atoms with Crippen molar-refractivity contribution in [2.24, 2.45) is 0 Å². The fourth-order valence-electron chi connectivity index (χ4n) is 7.63. The molecule has 310 valence electrons. The maximum absolute atomic E-state index is 2.32. The first-order chi connectivity index (χ1) is 31.5. The van der Waals surface area contributed by atoms with Gasteiger partial charge in [-0.15, -0.1) is 0 Å². The molecule has 0 saturated carbocycles. The third-order valence-electron chi connectivity index (χ3n) is 11.3. The summed E-state index contributed by atoms with van der Waals surface area (Å²) in [6.45, 7) is 6.32. The van der Waals surface area contributed by atoms with Gasteiger partial charge in [-0.25, -0.2) is 0 Å². The maximum atomic E-state index is 2.32. The largest absolute Gasteiger partial charge is 0.311 e. The highest BCUT2D eigenvalue weighted by Gasteiger charge is 2.14. The molecule has 0 amide bonds. The molecule has 0 spiro atoms. The molecule has 1 heteroatoms. The minimum Gasteiger partial charge on any atom is -0.311 e. The Kier molecular flexibility index (Phi) is 14.1. The van der Waals surface area contributed by atoms with Crippen molar-refractivity contribution < 1.29 is 0 Å². The summed E-state index contributed by atoms with van der Waals surface area (Å²) in [7, 11) is 0. The Bertz CT molecular complexity index is 2820. The van der Waals surface area contributed by atoms with Crippen LogP contribution in [-0.2, 0) is 0 Å². The average molecular weight is 824 g/mol. The lowest BCUT2D eigenvalue weighted by Gasteiger charge is -2.26. The van der Waals surface area contributed by atoms with Crippen molar-refractivity contribution in [1.29, 1.82) is 0 Å². The normalized spacial score (nSPS) is 10.4.